The van der Waals surface area contributed by atoms with Gasteiger partial charge in [0.1, 0.15) is 12.1 Å². The molecule has 0 aromatic heterocycles. The molecule has 306 valence electrons. The fraction of sp³-hybridized carbons (Fsp3) is 0.644. The van der Waals surface area contributed by atoms with Crippen molar-refractivity contribution in [2.75, 3.05) is 13.2 Å². The number of hydrogen-bond donors (Lipinski definition) is 4. The van der Waals surface area contributed by atoms with Crippen molar-refractivity contribution in [2.45, 2.75) is 174 Å². The lowest BCUT2D eigenvalue weighted by atomic mass is 10.1. The number of carbonyl (C=O) groups excluding carboxylic acids is 3. The van der Waals surface area contributed by atoms with E-state index in [-0.39, 0.29) is 30.9 Å². The summed E-state index contributed by atoms with van der Waals surface area (Å²) in [5.74, 6) is -2.43. The number of aliphatic carboxylic acids is 1. The maximum absolute atomic E-state index is 12.7. The number of esters is 1. The van der Waals surface area contributed by atoms with Crippen LogP contribution in [-0.4, -0.2) is 59.3 Å². The summed E-state index contributed by atoms with van der Waals surface area (Å²) in [7, 11) is 0. The van der Waals surface area contributed by atoms with Gasteiger partial charge in [0.2, 0.25) is 11.8 Å². The Hall–Kier alpha value is -3.72. The standard InChI is InChI=1S/C45H74N2O7/c1-3-5-7-9-11-13-15-16-17-18-20-22-24-29-33-37-44(51)54-40(34-30-26-23-21-19-14-12-10-8-6-4-2)35-31-27-25-28-32-36-42(49)46-38-43(50)47-41(39-48)45(52)53/h6,8,11-14,16-17,21,23,30,34,40-41,48H,3-5,7,9-10,15,18-20,22,24-29,31-33,35-39H2,1-2H3,(H,46,49)(H,47,50)(H,52,53)/b8-6-,13-11-,14-12-,17-16-,23-21-,34-30-. The number of allylic oxidation sites excluding steroid dienone is 11. The summed E-state index contributed by atoms with van der Waals surface area (Å²) in [4.78, 5) is 47.5. The lowest BCUT2D eigenvalue weighted by Gasteiger charge is -2.15. The van der Waals surface area contributed by atoms with E-state index in [1.807, 2.05) is 6.08 Å². The van der Waals surface area contributed by atoms with E-state index in [1.54, 1.807) is 0 Å². The molecule has 0 aliphatic carbocycles. The van der Waals surface area contributed by atoms with Crippen LogP contribution in [0.2, 0.25) is 0 Å². The van der Waals surface area contributed by atoms with Crippen LogP contribution in [0.15, 0.2) is 72.9 Å². The zero-order chi connectivity index (χ0) is 39.7. The second kappa shape index (κ2) is 39.0. The second-order valence-electron chi connectivity index (χ2n) is 13.7. The van der Waals surface area contributed by atoms with Crippen LogP contribution in [0.25, 0.3) is 0 Å². The maximum Gasteiger partial charge on any atom is 0.328 e. The SMILES string of the molecule is CC/C=C\C/C=C\C/C=C\C/C=C\C(CCCCCCCC(=O)NCC(=O)NC(CO)C(=O)O)OC(=O)CCCCCCC/C=C\C/C=C\CCCCC. The monoisotopic (exact) mass is 755 g/mol. The first kappa shape index (κ1) is 50.3. The molecule has 0 saturated carbocycles. The third kappa shape index (κ3) is 35.3. The lowest BCUT2D eigenvalue weighted by molar-refractivity contribution is -0.147. The Kier molecular flexibility index (Phi) is 36.3. The molecule has 0 aromatic carbocycles. The van der Waals surface area contributed by atoms with Crippen molar-refractivity contribution in [2.24, 2.45) is 0 Å². The van der Waals surface area contributed by atoms with Gasteiger partial charge in [-0.1, -0.05) is 132 Å². The number of carboxylic acids is 1. The molecule has 2 unspecified atom stereocenters. The molecular weight excluding hydrogens is 681 g/mol. The predicted molar refractivity (Wildman–Crippen MR) is 222 cm³/mol. The first-order chi connectivity index (χ1) is 26.3. The molecule has 0 saturated heterocycles. The molecule has 0 rings (SSSR count). The Balaban J connectivity index is 4.46. The van der Waals surface area contributed by atoms with Crippen molar-refractivity contribution < 1.29 is 34.1 Å². The van der Waals surface area contributed by atoms with Gasteiger partial charge in [-0.25, -0.2) is 4.79 Å². The molecule has 0 aromatic rings. The molecule has 0 heterocycles. The molecule has 0 spiro atoms. The number of carbonyl (C=O) groups is 4. The van der Waals surface area contributed by atoms with Crippen molar-refractivity contribution >= 4 is 23.8 Å². The minimum atomic E-state index is -1.39. The molecule has 4 N–H and O–H groups in total. The molecule has 0 fully saturated rings. The summed E-state index contributed by atoms with van der Waals surface area (Å²) in [5.41, 5.74) is 0. The van der Waals surface area contributed by atoms with Gasteiger partial charge in [0.15, 0.2) is 0 Å². The number of carboxylic acid groups (broad SMARTS) is 1. The molecule has 54 heavy (non-hydrogen) atoms. The number of amides is 2. The van der Waals surface area contributed by atoms with E-state index >= 15 is 0 Å². The van der Waals surface area contributed by atoms with Crippen LogP contribution in [0.3, 0.4) is 0 Å². The van der Waals surface area contributed by atoms with E-state index < -0.39 is 24.5 Å². The van der Waals surface area contributed by atoms with Gasteiger partial charge >= 0.3 is 11.9 Å². The van der Waals surface area contributed by atoms with Crippen LogP contribution in [0.5, 0.6) is 0 Å². The topological polar surface area (TPSA) is 142 Å². The minimum Gasteiger partial charge on any atom is -0.480 e. The molecular formula is C45H74N2O7. The third-order valence-electron chi connectivity index (χ3n) is 8.67. The fourth-order valence-electron chi connectivity index (χ4n) is 5.48. The highest BCUT2D eigenvalue weighted by Crippen LogP contribution is 2.15. The van der Waals surface area contributed by atoms with Gasteiger partial charge in [-0.2, -0.15) is 0 Å². The van der Waals surface area contributed by atoms with E-state index in [0.29, 0.717) is 12.8 Å². The van der Waals surface area contributed by atoms with Crippen LogP contribution < -0.4 is 10.6 Å². The molecule has 2 amide bonds. The van der Waals surface area contributed by atoms with Crippen LogP contribution in [0.1, 0.15) is 162 Å². The number of aliphatic hydroxyl groups excluding tert-OH is 1. The van der Waals surface area contributed by atoms with E-state index in [2.05, 4.69) is 91.3 Å². The lowest BCUT2D eigenvalue weighted by Crippen LogP contribution is -2.47. The van der Waals surface area contributed by atoms with Crippen LogP contribution in [-0.2, 0) is 23.9 Å². The number of hydrogen-bond acceptors (Lipinski definition) is 6. The van der Waals surface area contributed by atoms with Crippen molar-refractivity contribution in [3.8, 4) is 0 Å². The molecule has 0 bridgehead atoms. The molecule has 0 aliphatic rings. The maximum atomic E-state index is 12.7. The first-order valence-corrected chi connectivity index (χ1v) is 20.8. The van der Waals surface area contributed by atoms with Gasteiger partial charge in [-0.05, 0) is 89.5 Å². The van der Waals surface area contributed by atoms with Crippen molar-refractivity contribution in [3.05, 3.63) is 72.9 Å². The van der Waals surface area contributed by atoms with E-state index in [0.717, 1.165) is 89.9 Å². The molecule has 0 aliphatic heterocycles. The third-order valence-corrected chi connectivity index (χ3v) is 8.67. The average molecular weight is 755 g/mol. The fourth-order valence-corrected chi connectivity index (χ4v) is 5.48. The van der Waals surface area contributed by atoms with E-state index in [1.165, 1.54) is 38.5 Å². The van der Waals surface area contributed by atoms with Crippen molar-refractivity contribution in [1.82, 2.24) is 10.6 Å². The summed E-state index contributed by atoms with van der Waals surface area (Å²) in [6.45, 7) is 3.30. The Morgan fingerprint density at radius 2 is 1.11 bits per heavy atom. The Morgan fingerprint density at radius 3 is 1.70 bits per heavy atom. The number of nitrogens with one attached hydrogen (secondary N) is 2. The van der Waals surface area contributed by atoms with Crippen LogP contribution in [0, 0.1) is 0 Å². The van der Waals surface area contributed by atoms with Gasteiger partial charge in [0, 0.05) is 12.8 Å². The predicted octanol–water partition coefficient (Wildman–Crippen LogP) is 9.93. The summed E-state index contributed by atoms with van der Waals surface area (Å²) >= 11 is 0. The zero-order valence-corrected chi connectivity index (χ0v) is 33.7. The molecule has 2 atom stereocenters. The Bertz CT molecular complexity index is 1140. The van der Waals surface area contributed by atoms with Gasteiger partial charge in [0.05, 0.1) is 13.2 Å². The molecule has 0 radical (unpaired) electrons. The van der Waals surface area contributed by atoms with Crippen LogP contribution >= 0.6 is 0 Å². The van der Waals surface area contributed by atoms with Crippen molar-refractivity contribution in [1.29, 1.82) is 0 Å². The minimum absolute atomic E-state index is 0.136. The van der Waals surface area contributed by atoms with Gasteiger partial charge in [-0.15, -0.1) is 0 Å². The largest absolute Gasteiger partial charge is 0.480 e. The Labute approximate surface area is 327 Å². The Morgan fingerprint density at radius 1 is 0.593 bits per heavy atom. The quantitative estimate of drug-likeness (QED) is 0.0283. The molecule has 9 heteroatoms. The normalized spacial score (nSPS) is 13.2. The summed E-state index contributed by atoms with van der Waals surface area (Å²) in [5, 5.41) is 22.5. The highest BCUT2D eigenvalue weighted by atomic mass is 16.5. The highest BCUT2D eigenvalue weighted by Gasteiger charge is 2.18. The number of ether oxygens (including phenoxy) is 1. The van der Waals surface area contributed by atoms with Crippen LogP contribution in [0.4, 0.5) is 0 Å². The highest BCUT2D eigenvalue weighted by molar-refractivity contribution is 5.87. The zero-order valence-electron chi connectivity index (χ0n) is 33.7. The number of rotatable bonds is 36. The van der Waals surface area contributed by atoms with E-state index in [9.17, 15) is 19.2 Å². The first-order valence-electron chi connectivity index (χ1n) is 20.8. The van der Waals surface area contributed by atoms with E-state index in [4.69, 9.17) is 14.9 Å². The summed E-state index contributed by atoms with van der Waals surface area (Å²) < 4.78 is 5.90. The van der Waals surface area contributed by atoms with Crippen molar-refractivity contribution in [3.63, 3.8) is 0 Å². The summed E-state index contributed by atoms with van der Waals surface area (Å²) in [6, 6.07) is -1.39. The van der Waals surface area contributed by atoms with Gasteiger partial charge in [-0.3, -0.25) is 14.4 Å². The number of unbranched alkanes of at least 4 members (excludes halogenated alkanes) is 12. The second-order valence-corrected chi connectivity index (χ2v) is 13.7. The average Bonchev–Trinajstić information content (AvgIpc) is 3.15. The number of aliphatic hydroxyl groups is 1. The van der Waals surface area contributed by atoms with Gasteiger partial charge < -0.3 is 25.6 Å². The summed E-state index contributed by atoms with van der Waals surface area (Å²) in [6.07, 6.45) is 48.0. The molecule has 9 nitrogen and oxygen atoms in total. The van der Waals surface area contributed by atoms with Gasteiger partial charge in [0.25, 0.3) is 0 Å². The smallest absolute Gasteiger partial charge is 0.328 e.